The molecule has 3 aromatic carbocycles. The lowest BCUT2D eigenvalue weighted by Gasteiger charge is -2.17. The van der Waals surface area contributed by atoms with E-state index in [2.05, 4.69) is 5.32 Å². The summed E-state index contributed by atoms with van der Waals surface area (Å²) in [7, 11) is 0. The van der Waals surface area contributed by atoms with Gasteiger partial charge in [0.05, 0.1) is 17.9 Å². The number of carbonyl (C=O) groups excluding carboxylic acids is 2. The van der Waals surface area contributed by atoms with Crippen LogP contribution in [0, 0.1) is 18.6 Å². The molecule has 0 aliphatic carbocycles. The molecule has 1 aliphatic rings. The number of nitrogens with one attached hydrogen (secondary N) is 1. The number of aryl methyl sites for hydroxylation is 1. The highest BCUT2D eigenvalue weighted by molar-refractivity contribution is 6.46. The second kappa shape index (κ2) is 9.24. The molecule has 0 spiro atoms. The minimum Gasteiger partial charge on any atom is -0.494 e. The first-order valence-electron chi connectivity index (χ1n) is 10.5. The van der Waals surface area contributed by atoms with Gasteiger partial charge in [-0.05, 0) is 54.8 Å². The Morgan fingerprint density at radius 2 is 1.64 bits per heavy atom. The van der Waals surface area contributed by atoms with Gasteiger partial charge in [-0.3, -0.25) is 9.59 Å². The average Bonchev–Trinajstić information content (AvgIpc) is 3.05. The third-order valence-corrected chi connectivity index (χ3v) is 5.25. The van der Waals surface area contributed by atoms with Crippen molar-refractivity contribution >= 4 is 28.8 Å². The van der Waals surface area contributed by atoms with E-state index in [0.717, 1.165) is 29.0 Å². The van der Waals surface area contributed by atoms with Crippen molar-refractivity contribution in [3.63, 3.8) is 0 Å². The Balaban J connectivity index is 1.78. The lowest BCUT2D eigenvalue weighted by molar-refractivity contribution is -0.120. The Labute approximate surface area is 190 Å². The van der Waals surface area contributed by atoms with E-state index in [1.165, 1.54) is 6.07 Å². The van der Waals surface area contributed by atoms with Crippen LogP contribution in [0.3, 0.4) is 0 Å². The zero-order valence-corrected chi connectivity index (χ0v) is 18.2. The third-order valence-electron chi connectivity index (χ3n) is 5.25. The van der Waals surface area contributed by atoms with E-state index >= 15 is 0 Å². The fourth-order valence-electron chi connectivity index (χ4n) is 3.60. The molecule has 0 unspecified atom stereocenters. The maximum atomic E-state index is 13.8. The van der Waals surface area contributed by atoms with Crippen molar-refractivity contribution in [1.82, 2.24) is 0 Å². The van der Waals surface area contributed by atoms with Gasteiger partial charge in [0.25, 0.3) is 11.8 Å². The molecule has 2 amide bonds. The zero-order chi connectivity index (χ0) is 23.5. The molecule has 0 saturated heterocycles. The minimum atomic E-state index is -1.06. The normalized spacial score (nSPS) is 13.6. The van der Waals surface area contributed by atoms with Crippen LogP contribution in [0.4, 0.5) is 20.2 Å². The molecule has 3 aromatic rings. The molecule has 0 atom stereocenters. The summed E-state index contributed by atoms with van der Waals surface area (Å²) in [6.45, 7) is 4.36. The van der Waals surface area contributed by atoms with E-state index in [9.17, 15) is 18.4 Å². The van der Waals surface area contributed by atoms with Gasteiger partial charge in [0.1, 0.15) is 11.4 Å². The number of benzene rings is 3. The monoisotopic (exact) mass is 448 g/mol. The number of para-hydroxylation sites is 1. The molecule has 1 aliphatic heterocycles. The van der Waals surface area contributed by atoms with Gasteiger partial charge in [-0.15, -0.1) is 0 Å². The first-order chi connectivity index (χ1) is 15.9. The van der Waals surface area contributed by atoms with E-state index in [0.29, 0.717) is 23.6 Å². The maximum Gasteiger partial charge on any atom is 0.282 e. The van der Waals surface area contributed by atoms with Gasteiger partial charge < -0.3 is 10.1 Å². The zero-order valence-electron chi connectivity index (χ0n) is 18.2. The van der Waals surface area contributed by atoms with Crippen LogP contribution in [0.15, 0.2) is 72.4 Å². The lowest BCUT2D eigenvalue weighted by atomic mass is 10.0. The summed E-state index contributed by atoms with van der Waals surface area (Å²) in [5.74, 6) is -2.52. The quantitative estimate of drug-likeness (QED) is 0.488. The van der Waals surface area contributed by atoms with E-state index in [4.69, 9.17) is 4.74 Å². The van der Waals surface area contributed by atoms with Crippen molar-refractivity contribution < 1.29 is 23.1 Å². The highest BCUT2D eigenvalue weighted by Crippen LogP contribution is 2.35. The Morgan fingerprint density at radius 3 is 2.30 bits per heavy atom. The van der Waals surface area contributed by atoms with Gasteiger partial charge in [-0.2, -0.15) is 0 Å². The second-order valence-electron chi connectivity index (χ2n) is 7.61. The number of amides is 2. The molecular formula is C26H22F2N2O3. The molecule has 168 valence electrons. The topological polar surface area (TPSA) is 58.6 Å². The number of rotatable bonds is 7. The van der Waals surface area contributed by atoms with Crippen LogP contribution in [-0.2, 0) is 9.59 Å². The summed E-state index contributed by atoms with van der Waals surface area (Å²) >= 11 is 0. The van der Waals surface area contributed by atoms with Crippen molar-refractivity contribution in [2.24, 2.45) is 0 Å². The molecule has 4 rings (SSSR count). The Morgan fingerprint density at radius 1 is 0.909 bits per heavy atom. The molecule has 1 heterocycles. The predicted molar refractivity (Wildman–Crippen MR) is 123 cm³/mol. The number of hydrogen-bond acceptors (Lipinski definition) is 4. The SMILES string of the molecule is CCCOc1ccc(C2=C(Nc3ccc(F)c(F)c3)C(=O)N(c3ccccc3C)C2=O)cc1. The fraction of sp³-hybridized carbons (Fsp3) is 0.154. The van der Waals surface area contributed by atoms with Gasteiger partial charge in [0.2, 0.25) is 0 Å². The standard InChI is InChI=1S/C26H22F2N2O3/c1-3-14-33-19-11-8-17(9-12-19)23-24(29-18-10-13-20(27)21(28)15-18)26(32)30(25(23)31)22-7-5-4-6-16(22)2/h4-13,15,29H,3,14H2,1-2H3. The molecule has 0 bridgehead atoms. The molecular weight excluding hydrogens is 426 g/mol. The highest BCUT2D eigenvalue weighted by Gasteiger charge is 2.40. The van der Waals surface area contributed by atoms with Crippen molar-refractivity contribution in [2.75, 3.05) is 16.8 Å². The van der Waals surface area contributed by atoms with Gasteiger partial charge in [-0.25, -0.2) is 13.7 Å². The van der Waals surface area contributed by atoms with Crippen molar-refractivity contribution in [2.45, 2.75) is 20.3 Å². The van der Waals surface area contributed by atoms with Gasteiger partial charge in [0.15, 0.2) is 11.6 Å². The summed E-state index contributed by atoms with van der Waals surface area (Å²) in [5, 5.41) is 2.84. The number of nitrogens with zero attached hydrogens (tertiary/aromatic N) is 1. The summed E-state index contributed by atoms with van der Waals surface area (Å²) < 4.78 is 32.8. The van der Waals surface area contributed by atoms with E-state index in [1.807, 2.05) is 13.0 Å². The lowest BCUT2D eigenvalue weighted by Crippen LogP contribution is -2.33. The summed E-state index contributed by atoms with van der Waals surface area (Å²) in [6.07, 6.45) is 0.855. The molecule has 7 heteroatoms. The third kappa shape index (κ3) is 4.35. The maximum absolute atomic E-state index is 13.8. The number of carbonyl (C=O) groups is 2. The van der Waals surface area contributed by atoms with Crippen LogP contribution in [0.1, 0.15) is 24.5 Å². The smallest absolute Gasteiger partial charge is 0.282 e. The number of halogens is 2. The molecule has 0 saturated carbocycles. The van der Waals surface area contributed by atoms with Crippen molar-refractivity contribution in [3.8, 4) is 5.75 Å². The molecule has 0 radical (unpaired) electrons. The average molecular weight is 448 g/mol. The van der Waals surface area contributed by atoms with Crippen LogP contribution < -0.4 is 15.0 Å². The number of anilines is 2. The molecule has 33 heavy (non-hydrogen) atoms. The molecule has 0 aromatic heterocycles. The van der Waals surface area contributed by atoms with Crippen LogP contribution in [0.25, 0.3) is 5.57 Å². The van der Waals surface area contributed by atoms with Gasteiger partial charge >= 0.3 is 0 Å². The van der Waals surface area contributed by atoms with Crippen molar-refractivity contribution in [3.05, 3.63) is 95.2 Å². The Hall–Kier alpha value is -4.00. The number of imide groups is 1. The van der Waals surface area contributed by atoms with Gasteiger partial charge in [-0.1, -0.05) is 37.3 Å². The number of ether oxygens (including phenoxy) is 1. The van der Waals surface area contributed by atoms with Crippen LogP contribution in [-0.4, -0.2) is 18.4 Å². The molecule has 1 N–H and O–H groups in total. The summed E-state index contributed by atoms with van der Waals surface area (Å²) in [5.41, 5.74) is 1.97. The van der Waals surface area contributed by atoms with Crippen LogP contribution >= 0.6 is 0 Å². The second-order valence-corrected chi connectivity index (χ2v) is 7.61. The molecule has 5 nitrogen and oxygen atoms in total. The van der Waals surface area contributed by atoms with Crippen LogP contribution in [0.2, 0.25) is 0 Å². The predicted octanol–water partition coefficient (Wildman–Crippen LogP) is 5.46. The fourth-order valence-corrected chi connectivity index (χ4v) is 3.60. The molecule has 0 fully saturated rings. The summed E-state index contributed by atoms with van der Waals surface area (Å²) in [4.78, 5) is 28.0. The first-order valence-corrected chi connectivity index (χ1v) is 10.5. The first kappa shape index (κ1) is 22.2. The van der Waals surface area contributed by atoms with E-state index in [-0.39, 0.29) is 17.0 Å². The number of hydrogen-bond donors (Lipinski definition) is 1. The Bertz CT molecular complexity index is 1250. The van der Waals surface area contributed by atoms with E-state index < -0.39 is 23.4 Å². The Kier molecular flexibility index (Phi) is 6.22. The highest BCUT2D eigenvalue weighted by atomic mass is 19.2. The van der Waals surface area contributed by atoms with E-state index in [1.54, 1.807) is 49.4 Å². The van der Waals surface area contributed by atoms with Gasteiger partial charge in [0, 0.05) is 11.8 Å². The summed E-state index contributed by atoms with van der Waals surface area (Å²) in [6, 6.07) is 17.1. The van der Waals surface area contributed by atoms with Crippen LogP contribution in [0.5, 0.6) is 5.75 Å². The van der Waals surface area contributed by atoms with Crippen molar-refractivity contribution in [1.29, 1.82) is 0 Å². The largest absolute Gasteiger partial charge is 0.494 e. The minimum absolute atomic E-state index is 0.0171.